The highest BCUT2D eigenvalue weighted by Gasteiger charge is 2.49. The summed E-state index contributed by atoms with van der Waals surface area (Å²) in [5.41, 5.74) is 12.8. The molecule has 3 atom stereocenters. The van der Waals surface area contributed by atoms with E-state index in [4.69, 9.17) is 9.47 Å². The van der Waals surface area contributed by atoms with E-state index >= 15 is 0 Å². The van der Waals surface area contributed by atoms with E-state index in [0.717, 1.165) is 80.4 Å². The number of aryl methyl sites for hydroxylation is 4. The van der Waals surface area contributed by atoms with E-state index in [2.05, 4.69) is 129 Å². The third kappa shape index (κ3) is 5.73. The Morgan fingerprint density at radius 2 is 1.09 bits per heavy atom. The minimum absolute atomic E-state index is 0.127. The lowest BCUT2D eigenvalue weighted by Crippen LogP contribution is -2.46. The number of ketones is 1. The second-order valence-corrected chi connectivity index (χ2v) is 14.8. The largest absolute Gasteiger partial charge is 0.465 e. The molecule has 0 aliphatic carbocycles. The molecule has 1 saturated heterocycles. The molecule has 8 bridgehead atoms. The van der Waals surface area contributed by atoms with Crippen LogP contribution in [0.5, 0.6) is 0 Å². The zero-order valence-corrected chi connectivity index (χ0v) is 30.5. The fraction of sp³-hybridized carbons (Fsp3) is 0.188. The number of aromatic amines is 2. The highest BCUT2D eigenvalue weighted by molar-refractivity contribution is 6.01. The Hall–Kier alpha value is -5.91. The van der Waals surface area contributed by atoms with Crippen molar-refractivity contribution >= 4 is 16.9 Å². The second kappa shape index (κ2) is 12.9. The molecule has 4 aromatic carbocycles. The zero-order valence-electron chi connectivity index (χ0n) is 30.5. The monoisotopic (exact) mass is 694 g/mol. The molecule has 9 rings (SSSR count). The summed E-state index contributed by atoms with van der Waals surface area (Å²) in [4.78, 5) is 22.2. The number of hydrogen-bond acceptors (Lipinski definition) is 3. The van der Waals surface area contributed by atoms with Crippen molar-refractivity contribution in [3.05, 3.63) is 212 Å². The van der Waals surface area contributed by atoms with Gasteiger partial charge in [0.15, 0.2) is 11.4 Å². The number of nitrogens with one attached hydrogen (secondary N) is 2. The Kier molecular flexibility index (Phi) is 8.05. The summed E-state index contributed by atoms with van der Waals surface area (Å²) < 4.78 is 14.4. The molecular formula is C48H42N2O3. The number of ether oxygens (including phenoxy) is 2. The van der Waals surface area contributed by atoms with E-state index in [9.17, 15) is 4.79 Å². The van der Waals surface area contributed by atoms with Crippen molar-refractivity contribution in [2.24, 2.45) is 0 Å². The van der Waals surface area contributed by atoms with Crippen LogP contribution in [0.4, 0.5) is 0 Å². The van der Waals surface area contributed by atoms with Gasteiger partial charge in [0.2, 0.25) is 0 Å². The average molecular weight is 695 g/mol. The molecule has 6 aromatic rings. The van der Waals surface area contributed by atoms with Crippen LogP contribution in [0.2, 0.25) is 0 Å². The van der Waals surface area contributed by atoms with Gasteiger partial charge in [-0.05, 0) is 80.3 Å². The summed E-state index contributed by atoms with van der Waals surface area (Å²) in [6.07, 6.45) is 4.65. The van der Waals surface area contributed by atoms with Crippen molar-refractivity contribution in [2.75, 3.05) is 0 Å². The molecule has 5 heterocycles. The minimum atomic E-state index is -1.42. The standard InChI is InChI=1S/C48H42N2O3/c1-29-5-13-33(14-6-29)45-37-21-22-38(49-37)47(35-17-9-31(3)10-18-35)42-26-28-44(51)48(53-42,36-19-11-32(4)12-20-36)43-27-23-39(50-43)46(41-25-24-40(45)52-41)34-15-7-30(2)8-16-34/h5-23,26-28,42,47,49-50H,24-25H2,1-4H3/b45-40-,46-41-/t42?,47?,48-/m0/s1. The Bertz CT molecular complexity index is 2440. The van der Waals surface area contributed by atoms with E-state index < -0.39 is 11.7 Å². The molecule has 0 saturated carbocycles. The maximum atomic E-state index is 14.6. The first-order valence-corrected chi connectivity index (χ1v) is 18.5. The van der Waals surface area contributed by atoms with Gasteiger partial charge < -0.3 is 19.4 Å². The molecule has 2 aromatic heterocycles. The van der Waals surface area contributed by atoms with Gasteiger partial charge in [-0.2, -0.15) is 0 Å². The van der Waals surface area contributed by atoms with E-state index in [0.29, 0.717) is 5.69 Å². The van der Waals surface area contributed by atoms with E-state index in [1.807, 2.05) is 36.4 Å². The molecule has 0 radical (unpaired) electrons. The van der Waals surface area contributed by atoms with Gasteiger partial charge in [-0.25, -0.2) is 0 Å². The molecule has 0 spiro atoms. The highest BCUT2D eigenvalue weighted by atomic mass is 16.5. The second-order valence-electron chi connectivity index (χ2n) is 14.8. The normalized spacial score (nSPS) is 23.7. The Labute approximate surface area is 310 Å². The summed E-state index contributed by atoms with van der Waals surface area (Å²) in [6.45, 7) is 8.37. The number of rotatable bonds is 4. The Morgan fingerprint density at radius 3 is 1.68 bits per heavy atom. The van der Waals surface area contributed by atoms with Crippen LogP contribution in [0.3, 0.4) is 0 Å². The highest BCUT2D eigenvalue weighted by Crippen LogP contribution is 2.46. The van der Waals surface area contributed by atoms with E-state index in [-0.39, 0.29) is 11.7 Å². The van der Waals surface area contributed by atoms with Crippen molar-refractivity contribution in [2.45, 2.75) is 58.2 Å². The van der Waals surface area contributed by atoms with Gasteiger partial charge in [0, 0.05) is 41.1 Å². The van der Waals surface area contributed by atoms with Crippen LogP contribution in [-0.2, 0) is 19.9 Å². The minimum Gasteiger partial charge on any atom is -0.465 e. The van der Waals surface area contributed by atoms with Crippen molar-refractivity contribution < 1.29 is 14.3 Å². The molecule has 3 aliphatic rings. The quantitative estimate of drug-likeness (QED) is 0.193. The molecule has 262 valence electrons. The topological polar surface area (TPSA) is 67.1 Å². The van der Waals surface area contributed by atoms with Crippen LogP contribution in [0.15, 0.2) is 145 Å². The van der Waals surface area contributed by atoms with Crippen molar-refractivity contribution in [1.29, 1.82) is 0 Å². The molecule has 3 aliphatic heterocycles. The first-order valence-electron chi connectivity index (χ1n) is 18.5. The molecule has 5 heteroatoms. The fourth-order valence-electron chi connectivity index (χ4n) is 8.14. The van der Waals surface area contributed by atoms with Crippen LogP contribution >= 0.6 is 0 Å². The van der Waals surface area contributed by atoms with Crippen molar-refractivity contribution in [3.8, 4) is 0 Å². The van der Waals surface area contributed by atoms with Gasteiger partial charge in [-0.3, -0.25) is 4.79 Å². The van der Waals surface area contributed by atoms with Crippen LogP contribution in [0.1, 0.15) is 86.0 Å². The first-order chi connectivity index (χ1) is 25.8. The summed E-state index contributed by atoms with van der Waals surface area (Å²) in [6, 6.07) is 42.4. The number of hydrogen-bond donors (Lipinski definition) is 2. The summed E-state index contributed by atoms with van der Waals surface area (Å²) in [5, 5.41) is 0. The zero-order chi connectivity index (χ0) is 36.3. The Balaban J connectivity index is 1.33. The van der Waals surface area contributed by atoms with Crippen LogP contribution in [0.25, 0.3) is 11.1 Å². The molecule has 5 nitrogen and oxygen atoms in total. The van der Waals surface area contributed by atoms with Gasteiger partial charge in [0.25, 0.3) is 0 Å². The van der Waals surface area contributed by atoms with Crippen molar-refractivity contribution in [1.82, 2.24) is 9.97 Å². The third-order valence-corrected chi connectivity index (χ3v) is 11.0. The van der Waals surface area contributed by atoms with Crippen LogP contribution < -0.4 is 0 Å². The predicted molar refractivity (Wildman–Crippen MR) is 210 cm³/mol. The molecule has 2 N–H and O–H groups in total. The lowest BCUT2D eigenvalue weighted by Gasteiger charge is -2.40. The molecule has 0 amide bonds. The Morgan fingerprint density at radius 1 is 0.585 bits per heavy atom. The van der Waals surface area contributed by atoms with Gasteiger partial charge in [0.05, 0.1) is 17.7 Å². The average Bonchev–Trinajstić information content (AvgIpc) is 3.95. The van der Waals surface area contributed by atoms with Crippen LogP contribution in [0, 0.1) is 27.7 Å². The maximum Gasteiger partial charge on any atom is 0.198 e. The predicted octanol–water partition coefficient (Wildman–Crippen LogP) is 10.5. The molecule has 1 fully saturated rings. The van der Waals surface area contributed by atoms with Gasteiger partial charge >= 0.3 is 0 Å². The number of carbonyl (C=O) groups excluding carboxylic acids is 1. The number of fused-ring (bicyclic) bond motifs is 9. The fourth-order valence-corrected chi connectivity index (χ4v) is 8.14. The lowest BCUT2D eigenvalue weighted by molar-refractivity contribution is -0.144. The first kappa shape index (κ1) is 33.0. The number of aromatic nitrogens is 2. The lowest BCUT2D eigenvalue weighted by atomic mass is 9.80. The van der Waals surface area contributed by atoms with Gasteiger partial charge in [0.1, 0.15) is 11.5 Å². The van der Waals surface area contributed by atoms with Crippen LogP contribution in [-0.4, -0.2) is 21.9 Å². The maximum absolute atomic E-state index is 14.6. The summed E-state index contributed by atoms with van der Waals surface area (Å²) >= 11 is 0. The number of benzene rings is 4. The van der Waals surface area contributed by atoms with E-state index in [1.54, 1.807) is 6.08 Å². The number of carbonyl (C=O) groups is 1. The smallest absolute Gasteiger partial charge is 0.198 e. The summed E-state index contributed by atoms with van der Waals surface area (Å²) in [5.74, 6) is 1.44. The number of H-pyrrole nitrogens is 2. The van der Waals surface area contributed by atoms with Gasteiger partial charge in [-0.1, -0.05) is 125 Å². The van der Waals surface area contributed by atoms with E-state index in [1.165, 1.54) is 16.7 Å². The third-order valence-electron chi connectivity index (χ3n) is 11.0. The molecule has 53 heavy (non-hydrogen) atoms. The molecular weight excluding hydrogens is 653 g/mol. The van der Waals surface area contributed by atoms with Gasteiger partial charge in [-0.15, -0.1) is 0 Å². The van der Waals surface area contributed by atoms with Crippen molar-refractivity contribution in [3.63, 3.8) is 0 Å². The molecule has 2 unspecified atom stereocenters. The summed E-state index contributed by atoms with van der Waals surface area (Å²) in [7, 11) is 0. The SMILES string of the molecule is Cc1ccc(/C2=C3\CC/C(=C(\c4ccc(C)cc4)c4ccc([nH]4)[C@]4(c5ccc(C)cc5)OC(C=CC4=O)C(c4ccc(C)cc4)c4ccc2[nH]4)O3)cc1. The number of allylic oxidation sites excluding steroid dienone is 2.